The molecule has 1 saturated heterocycles. The number of aliphatic hydroxyl groups excluding tert-OH is 1. The maximum Gasteiger partial charge on any atom is 0.224 e. The van der Waals surface area contributed by atoms with Crippen molar-refractivity contribution in [2.45, 2.75) is 76.5 Å². The second-order valence-electron chi connectivity index (χ2n) is 9.87. The molecule has 0 radical (unpaired) electrons. The van der Waals surface area contributed by atoms with Gasteiger partial charge in [0.25, 0.3) is 0 Å². The van der Waals surface area contributed by atoms with E-state index >= 15 is 0 Å². The van der Waals surface area contributed by atoms with Crippen LogP contribution in [0, 0.1) is 0 Å². The van der Waals surface area contributed by atoms with Crippen LogP contribution in [-0.2, 0) is 0 Å². The molecule has 0 bridgehead atoms. The van der Waals surface area contributed by atoms with Gasteiger partial charge in [0.1, 0.15) is 5.65 Å². The van der Waals surface area contributed by atoms with Gasteiger partial charge in [0.2, 0.25) is 5.95 Å². The van der Waals surface area contributed by atoms with Crippen LogP contribution >= 0.6 is 0 Å². The Morgan fingerprint density at radius 2 is 1.82 bits per heavy atom. The molecule has 34 heavy (non-hydrogen) atoms. The van der Waals surface area contributed by atoms with Crippen molar-refractivity contribution in [1.82, 2.24) is 19.9 Å². The van der Waals surface area contributed by atoms with E-state index in [4.69, 9.17) is 4.98 Å². The molecular weight excluding hydrogens is 424 g/mol. The molecule has 0 atom stereocenters. The van der Waals surface area contributed by atoms with Crippen LogP contribution in [-0.4, -0.2) is 51.4 Å². The molecule has 4 N–H and O–H groups in total. The molecule has 1 saturated carbocycles. The third-order valence-electron chi connectivity index (χ3n) is 7.35. The number of rotatable bonds is 8. The number of unbranched alkanes of at least 4 members (excludes halogenated alkanes) is 1. The summed E-state index contributed by atoms with van der Waals surface area (Å²) in [6, 6.07) is 9.71. The third kappa shape index (κ3) is 5.20. The fourth-order valence-corrected chi connectivity index (χ4v) is 5.28. The highest BCUT2D eigenvalue weighted by molar-refractivity contribution is 5.94. The van der Waals surface area contributed by atoms with E-state index in [0.29, 0.717) is 18.0 Å². The minimum atomic E-state index is -0.168. The number of nitrogens with zero attached hydrogens (tertiary/aromatic N) is 3. The van der Waals surface area contributed by atoms with Crippen molar-refractivity contribution in [1.29, 1.82) is 0 Å². The second-order valence-corrected chi connectivity index (χ2v) is 9.87. The summed E-state index contributed by atoms with van der Waals surface area (Å²) >= 11 is 0. The van der Waals surface area contributed by atoms with E-state index in [-0.39, 0.29) is 6.10 Å². The van der Waals surface area contributed by atoms with Gasteiger partial charge in [-0.15, -0.1) is 0 Å². The molecule has 0 amide bonds. The molecule has 1 aromatic carbocycles. The maximum absolute atomic E-state index is 10.0. The second kappa shape index (κ2) is 10.7. The summed E-state index contributed by atoms with van der Waals surface area (Å²) in [6.07, 6.45) is 12.3. The van der Waals surface area contributed by atoms with Gasteiger partial charge in [0.15, 0.2) is 0 Å². The summed E-state index contributed by atoms with van der Waals surface area (Å²) in [5.41, 5.74) is 4.53. The maximum atomic E-state index is 10.0. The van der Waals surface area contributed by atoms with Crippen LogP contribution in [0.15, 0.2) is 36.7 Å². The van der Waals surface area contributed by atoms with Crippen LogP contribution in [0.3, 0.4) is 0 Å². The molecular formula is C27H38N6O. The smallest absolute Gasteiger partial charge is 0.224 e. The van der Waals surface area contributed by atoms with Gasteiger partial charge in [0, 0.05) is 47.7 Å². The zero-order valence-electron chi connectivity index (χ0n) is 20.3. The fraction of sp³-hybridized carbons (Fsp3) is 0.556. The Labute approximate surface area is 202 Å². The summed E-state index contributed by atoms with van der Waals surface area (Å²) in [5.74, 6) is 0.698. The molecule has 7 heteroatoms. The number of aliphatic hydroxyl groups is 1. The van der Waals surface area contributed by atoms with Crippen molar-refractivity contribution in [3.63, 3.8) is 0 Å². The molecule has 5 rings (SSSR count). The van der Waals surface area contributed by atoms with Crippen LogP contribution in [0.1, 0.15) is 64.3 Å². The first-order valence-electron chi connectivity index (χ1n) is 13.1. The van der Waals surface area contributed by atoms with Crippen molar-refractivity contribution >= 4 is 22.7 Å². The molecule has 1 aliphatic carbocycles. The monoisotopic (exact) mass is 462 g/mol. The molecule has 2 aromatic heterocycles. The largest absolute Gasteiger partial charge is 0.393 e. The van der Waals surface area contributed by atoms with Gasteiger partial charge in [-0.05, 0) is 75.7 Å². The molecule has 2 aliphatic rings. The van der Waals surface area contributed by atoms with Gasteiger partial charge in [-0.25, -0.2) is 4.98 Å². The summed E-state index contributed by atoms with van der Waals surface area (Å²) in [7, 11) is 0. The van der Waals surface area contributed by atoms with E-state index in [1.165, 1.54) is 16.8 Å². The first-order chi connectivity index (χ1) is 16.7. The molecule has 3 heterocycles. The molecule has 2 fully saturated rings. The van der Waals surface area contributed by atoms with Gasteiger partial charge in [-0.2, -0.15) is 4.98 Å². The van der Waals surface area contributed by atoms with Gasteiger partial charge in [-0.3, -0.25) is 0 Å². The normalized spacial score (nSPS) is 21.6. The highest BCUT2D eigenvalue weighted by Crippen LogP contribution is 2.37. The van der Waals surface area contributed by atoms with Crippen LogP contribution in [0.2, 0.25) is 0 Å². The average molecular weight is 463 g/mol. The number of anilines is 2. The summed E-state index contributed by atoms with van der Waals surface area (Å²) < 4.78 is 2.34. The first kappa shape index (κ1) is 23.1. The third-order valence-corrected chi connectivity index (χ3v) is 7.35. The predicted octanol–water partition coefficient (Wildman–Crippen LogP) is 4.95. The summed E-state index contributed by atoms with van der Waals surface area (Å²) in [6.45, 7) is 5.25. The highest BCUT2D eigenvalue weighted by Gasteiger charge is 2.24. The highest BCUT2D eigenvalue weighted by atomic mass is 16.3. The lowest BCUT2D eigenvalue weighted by Crippen LogP contribution is -2.35. The number of benzene rings is 1. The van der Waals surface area contributed by atoms with Gasteiger partial charge < -0.3 is 25.6 Å². The lowest BCUT2D eigenvalue weighted by atomic mass is 9.93. The van der Waals surface area contributed by atoms with E-state index in [9.17, 15) is 5.11 Å². The zero-order valence-corrected chi connectivity index (χ0v) is 20.3. The van der Waals surface area contributed by atoms with Gasteiger partial charge >= 0.3 is 0 Å². The Hall–Kier alpha value is -2.64. The number of aromatic nitrogens is 3. The Kier molecular flexibility index (Phi) is 7.30. The molecule has 182 valence electrons. The molecule has 1 aliphatic heterocycles. The number of fused-ring (bicyclic) bond motifs is 1. The minimum Gasteiger partial charge on any atom is -0.393 e. The average Bonchev–Trinajstić information content (AvgIpc) is 3.25. The van der Waals surface area contributed by atoms with Crippen molar-refractivity contribution in [2.75, 3.05) is 30.3 Å². The van der Waals surface area contributed by atoms with Gasteiger partial charge in [0.05, 0.1) is 6.10 Å². The van der Waals surface area contributed by atoms with E-state index in [1.807, 2.05) is 6.20 Å². The first-order valence-corrected chi connectivity index (χ1v) is 13.1. The molecule has 0 unspecified atom stereocenters. The zero-order chi connectivity index (χ0) is 23.3. The van der Waals surface area contributed by atoms with Crippen LogP contribution in [0.5, 0.6) is 0 Å². The van der Waals surface area contributed by atoms with Crippen LogP contribution in [0.25, 0.3) is 22.2 Å². The van der Waals surface area contributed by atoms with Crippen LogP contribution < -0.4 is 16.0 Å². The number of piperidine rings is 1. The number of hydrogen-bond acceptors (Lipinski definition) is 6. The van der Waals surface area contributed by atoms with Crippen molar-refractivity contribution in [3.05, 3.63) is 36.7 Å². The molecule has 0 spiro atoms. The van der Waals surface area contributed by atoms with Crippen molar-refractivity contribution in [2.24, 2.45) is 0 Å². The Balaban J connectivity index is 1.43. The molecule has 7 nitrogen and oxygen atoms in total. The van der Waals surface area contributed by atoms with Gasteiger partial charge in [-0.1, -0.05) is 25.5 Å². The molecule has 3 aromatic rings. The fourth-order valence-electron chi connectivity index (χ4n) is 5.28. The lowest BCUT2D eigenvalue weighted by Gasteiger charge is -2.27. The van der Waals surface area contributed by atoms with E-state index in [0.717, 1.165) is 82.0 Å². The quantitative estimate of drug-likeness (QED) is 0.354. The van der Waals surface area contributed by atoms with Crippen molar-refractivity contribution in [3.8, 4) is 11.1 Å². The lowest BCUT2D eigenvalue weighted by molar-refractivity contribution is 0.111. The topological polar surface area (TPSA) is 87.0 Å². The summed E-state index contributed by atoms with van der Waals surface area (Å²) in [5, 5.41) is 21.6. The van der Waals surface area contributed by atoms with Crippen molar-refractivity contribution < 1.29 is 5.11 Å². The van der Waals surface area contributed by atoms with E-state index < -0.39 is 0 Å². The standard InChI is InChI=1S/C27H38N6O/c1-2-3-14-29-27-30-17-24-25(18-33(26(24)32-27)22-8-10-23(34)11-9-22)19-4-6-20(7-5-19)31-21-12-15-28-16-13-21/h4-7,17-18,21-23,28,31,34H,2-3,8-16H2,1H3,(H,29,30,32)/t22-,23-. The Morgan fingerprint density at radius 3 is 2.56 bits per heavy atom. The number of hydrogen-bond donors (Lipinski definition) is 4. The Morgan fingerprint density at radius 1 is 1.06 bits per heavy atom. The minimum absolute atomic E-state index is 0.168. The Bertz CT molecular complexity index is 1060. The SMILES string of the molecule is CCCCNc1ncc2c(-c3ccc(NC4CCNCC4)cc3)cn([C@H]3CC[C@H](O)CC3)c2n1. The predicted molar refractivity (Wildman–Crippen MR) is 139 cm³/mol. The van der Waals surface area contributed by atoms with E-state index in [1.54, 1.807) is 0 Å². The van der Waals surface area contributed by atoms with Crippen LogP contribution in [0.4, 0.5) is 11.6 Å². The summed E-state index contributed by atoms with van der Waals surface area (Å²) in [4.78, 5) is 9.58. The number of nitrogens with one attached hydrogen (secondary N) is 3. The van der Waals surface area contributed by atoms with E-state index in [2.05, 4.69) is 62.9 Å².